The lowest BCUT2D eigenvalue weighted by Gasteiger charge is -2.31. The zero-order valence-electron chi connectivity index (χ0n) is 11.9. The van der Waals surface area contributed by atoms with Crippen molar-refractivity contribution in [2.45, 2.75) is 31.2 Å². The van der Waals surface area contributed by atoms with Crippen LogP contribution in [0.5, 0.6) is 0 Å². The number of piperidine rings is 1. The summed E-state index contributed by atoms with van der Waals surface area (Å²) in [6.45, 7) is 3.56. The third-order valence-electron chi connectivity index (χ3n) is 3.75. The Morgan fingerprint density at radius 2 is 2.20 bits per heavy atom. The van der Waals surface area contributed by atoms with Crippen molar-refractivity contribution in [1.29, 1.82) is 0 Å². The molecule has 0 radical (unpaired) electrons. The molecule has 1 aliphatic rings. The van der Waals surface area contributed by atoms with Gasteiger partial charge in [-0.15, -0.1) is 12.4 Å². The van der Waals surface area contributed by atoms with Crippen LogP contribution in [0.25, 0.3) is 0 Å². The molecule has 8 heteroatoms. The maximum absolute atomic E-state index is 12.5. The number of halogens is 1. The topological polar surface area (TPSA) is 81.2 Å². The number of rotatable bonds is 4. The molecule has 1 fully saturated rings. The van der Waals surface area contributed by atoms with Gasteiger partial charge in [-0.05, 0) is 38.6 Å². The lowest BCUT2D eigenvalue weighted by molar-refractivity contribution is 0.257. The molecular weight excluding hydrogens is 300 g/mol. The SMILES string of the molecule is Cc1nc(S(=O)(=O)N2CCCC(CCN)C2)cn1C.Cl. The normalized spacial score (nSPS) is 20.6. The highest BCUT2D eigenvalue weighted by Gasteiger charge is 2.31. The summed E-state index contributed by atoms with van der Waals surface area (Å²) >= 11 is 0. The fourth-order valence-corrected chi connectivity index (χ4v) is 4.08. The summed E-state index contributed by atoms with van der Waals surface area (Å²) in [5.74, 6) is 1.08. The van der Waals surface area contributed by atoms with Crippen molar-refractivity contribution in [3.05, 3.63) is 12.0 Å². The number of nitrogens with two attached hydrogens (primary N) is 1. The van der Waals surface area contributed by atoms with Gasteiger partial charge in [0.2, 0.25) is 0 Å². The third kappa shape index (κ3) is 3.52. The number of aryl methyl sites for hydroxylation is 2. The predicted molar refractivity (Wildman–Crippen MR) is 80.3 cm³/mol. The molecule has 1 saturated heterocycles. The van der Waals surface area contributed by atoms with Crippen molar-refractivity contribution in [3.8, 4) is 0 Å². The molecule has 0 bridgehead atoms. The van der Waals surface area contributed by atoms with Crippen LogP contribution in [0.3, 0.4) is 0 Å². The van der Waals surface area contributed by atoms with Crippen molar-refractivity contribution >= 4 is 22.4 Å². The van der Waals surface area contributed by atoms with E-state index in [-0.39, 0.29) is 17.4 Å². The standard InChI is InChI=1S/C12H22N4O2S.ClH/c1-10-14-12(9-15(10)2)19(17,18)16-7-3-4-11(8-16)5-6-13;/h9,11H,3-8,13H2,1-2H3;1H. The molecule has 0 saturated carbocycles. The first-order chi connectivity index (χ1) is 8.95. The van der Waals surface area contributed by atoms with Crippen molar-refractivity contribution < 1.29 is 8.42 Å². The molecule has 0 aliphatic carbocycles. The summed E-state index contributed by atoms with van der Waals surface area (Å²) in [4.78, 5) is 4.14. The Labute approximate surface area is 126 Å². The number of hydrogen-bond acceptors (Lipinski definition) is 4. The molecule has 2 N–H and O–H groups in total. The molecule has 1 aliphatic heterocycles. The number of imidazole rings is 1. The summed E-state index contributed by atoms with van der Waals surface area (Å²) in [5, 5.41) is 0.154. The minimum absolute atomic E-state index is 0. The van der Waals surface area contributed by atoms with E-state index in [0.29, 0.717) is 31.4 Å². The molecule has 0 spiro atoms. The fraction of sp³-hybridized carbons (Fsp3) is 0.750. The van der Waals surface area contributed by atoms with Crippen molar-refractivity contribution in [3.63, 3.8) is 0 Å². The minimum Gasteiger partial charge on any atom is -0.337 e. The van der Waals surface area contributed by atoms with Crippen LogP contribution in [0.2, 0.25) is 0 Å². The van der Waals surface area contributed by atoms with Gasteiger partial charge in [0.05, 0.1) is 0 Å². The maximum Gasteiger partial charge on any atom is 0.262 e. The van der Waals surface area contributed by atoms with E-state index in [1.54, 1.807) is 29.0 Å². The maximum atomic E-state index is 12.5. The molecule has 6 nitrogen and oxygen atoms in total. The van der Waals surface area contributed by atoms with Crippen LogP contribution in [0.15, 0.2) is 11.2 Å². The molecule has 20 heavy (non-hydrogen) atoms. The number of nitrogens with zero attached hydrogens (tertiary/aromatic N) is 3. The Kier molecular flexibility index (Phi) is 6.00. The highest BCUT2D eigenvalue weighted by atomic mass is 35.5. The number of hydrogen-bond donors (Lipinski definition) is 1. The second kappa shape index (κ2) is 6.89. The Morgan fingerprint density at radius 1 is 1.50 bits per heavy atom. The van der Waals surface area contributed by atoms with Gasteiger partial charge in [-0.3, -0.25) is 0 Å². The van der Waals surface area contributed by atoms with Crippen LogP contribution in [0.4, 0.5) is 0 Å². The molecule has 1 aromatic heterocycles. The van der Waals surface area contributed by atoms with Gasteiger partial charge < -0.3 is 10.3 Å². The molecule has 2 rings (SSSR count). The Morgan fingerprint density at radius 3 is 2.75 bits per heavy atom. The van der Waals surface area contributed by atoms with Crippen LogP contribution in [-0.2, 0) is 17.1 Å². The first-order valence-electron chi connectivity index (χ1n) is 6.65. The van der Waals surface area contributed by atoms with Gasteiger partial charge in [0.15, 0.2) is 5.03 Å². The second-order valence-electron chi connectivity index (χ2n) is 5.19. The van der Waals surface area contributed by atoms with Crippen LogP contribution in [0, 0.1) is 12.8 Å². The Hall–Kier alpha value is -0.630. The van der Waals surface area contributed by atoms with E-state index in [9.17, 15) is 8.42 Å². The molecular formula is C12H23ClN4O2S. The van der Waals surface area contributed by atoms with Crippen molar-refractivity contribution in [2.75, 3.05) is 19.6 Å². The summed E-state index contributed by atoms with van der Waals surface area (Å²) in [7, 11) is -1.65. The van der Waals surface area contributed by atoms with Crippen LogP contribution in [-0.4, -0.2) is 41.9 Å². The average molecular weight is 323 g/mol. The molecule has 116 valence electrons. The third-order valence-corrected chi connectivity index (χ3v) is 5.48. The van der Waals surface area contributed by atoms with Gasteiger partial charge in [0, 0.05) is 26.3 Å². The molecule has 0 aromatic carbocycles. The summed E-state index contributed by atoms with van der Waals surface area (Å²) in [5.41, 5.74) is 5.56. The molecule has 1 aromatic rings. The van der Waals surface area contributed by atoms with E-state index in [0.717, 1.165) is 19.3 Å². The lowest BCUT2D eigenvalue weighted by atomic mass is 9.96. The van der Waals surface area contributed by atoms with E-state index in [1.807, 2.05) is 0 Å². The van der Waals surface area contributed by atoms with Crippen LogP contribution in [0.1, 0.15) is 25.1 Å². The van der Waals surface area contributed by atoms with Crippen LogP contribution < -0.4 is 5.73 Å². The van der Waals surface area contributed by atoms with Crippen molar-refractivity contribution in [2.24, 2.45) is 18.7 Å². The highest BCUT2D eigenvalue weighted by molar-refractivity contribution is 7.89. The van der Waals surface area contributed by atoms with E-state index >= 15 is 0 Å². The quantitative estimate of drug-likeness (QED) is 0.893. The fourth-order valence-electron chi connectivity index (χ4n) is 2.50. The highest BCUT2D eigenvalue weighted by Crippen LogP contribution is 2.24. The van der Waals surface area contributed by atoms with Gasteiger partial charge in [0.25, 0.3) is 10.0 Å². The van der Waals surface area contributed by atoms with E-state index in [2.05, 4.69) is 4.98 Å². The molecule has 1 atom stereocenters. The molecule has 0 amide bonds. The van der Waals surface area contributed by atoms with Gasteiger partial charge in [0.1, 0.15) is 5.82 Å². The summed E-state index contributed by atoms with van der Waals surface area (Å²) in [6.07, 6.45) is 4.42. The van der Waals surface area contributed by atoms with E-state index in [4.69, 9.17) is 5.73 Å². The molecule has 2 heterocycles. The second-order valence-corrected chi connectivity index (χ2v) is 7.07. The first kappa shape index (κ1) is 17.4. The van der Waals surface area contributed by atoms with Gasteiger partial charge in [-0.1, -0.05) is 0 Å². The van der Waals surface area contributed by atoms with E-state index in [1.165, 1.54) is 0 Å². The lowest BCUT2D eigenvalue weighted by Crippen LogP contribution is -2.40. The molecule has 1 unspecified atom stereocenters. The summed E-state index contributed by atoms with van der Waals surface area (Å²) < 4.78 is 28.3. The number of sulfonamides is 1. The van der Waals surface area contributed by atoms with Gasteiger partial charge in [-0.2, -0.15) is 4.31 Å². The van der Waals surface area contributed by atoms with Gasteiger partial charge >= 0.3 is 0 Å². The largest absolute Gasteiger partial charge is 0.337 e. The number of aromatic nitrogens is 2. The minimum atomic E-state index is -3.45. The van der Waals surface area contributed by atoms with E-state index < -0.39 is 10.0 Å². The van der Waals surface area contributed by atoms with Gasteiger partial charge in [-0.25, -0.2) is 13.4 Å². The van der Waals surface area contributed by atoms with Crippen LogP contribution >= 0.6 is 12.4 Å². The first-order valence-corrected chi connectivity index (χ1v) is 8.09. The zero-order valence-corrected chi connectivity index (χ0v) is 13.6. The predicted octanol–water partition coefficient (Wildman–Crippen LogP) is 0.900. The monoisotopic (exact) mass is 322 g/mol. The Balaban J connectivity index is 0.00000200. The zero-order chi connectivity index (χ0) is 14.0. The smallest absolute Gasteiger partial charge is 0.262 e. The average Bonchev–Trinajstić information content (AvgIpc) is 2.71. The summed E-state index contributed by atoms with van der Waals surface area (Å²) in [6, 6.07) is 0. The Bertz CT molecular complexity index is 522. The van der Waals surface area contributed by atoms with Crippen molar-refractivity contribution in [1.82, 2.24) is 13.9 Å².